The number of likely N-dealkylation sites (tertiary alicyclic amines) is 1. The van der Waals surface area contributed by atoms with Crippen molar-refractivity contribution in [3.8, 4) is 5.69 Å². The number of carbonyl (C=O) groups excluding carboxylic acids is 1. The highest BCUT2D eigenvalue weighted by Crippen LogP contribution is 2.43. The minimum absolute atomic E-state index is 0.0204. The molecule has 0 radical (unpaired) electrons. The Morgan fingerprint density at radius 2 is 1.88 bits per heavy atom. The first-order valence-electron chi connectivity index (χ1n) is 9.01. The maximum atomic E-state index is 12.7. The van der Waals surface area contributed by atoms with E-state index in [4.69, 9.17) is 0 Å². The molecular weight excluding hydrogens is 326 g/mol. The zero-order valence-corrected chi connectivity index (χ0v) is 14.7. The number of aryl methyl sites for hydroxylation is 1. The Kier molecular flexibility index (Phi) is 3.22. The fourth-order valence-electron chi connectivity index (χ4n) is 4.26. The average molecular weight is 347 g/mol. The standard InChI is InChI=1S/C20H21N5O/c1-23-12-8-16(22-23)19(26)24-13-9-20(10-14-24)18-7-4-11-25(18)17-6-3-2-5-15(17)21-20/h2-8,11-12,21H,9-10,13-14H2,1H3. The van der Waals surface area contributed by atoms with E-state index in [0.717, 1.165) is 31.6 Å². The van der Waals surface area contributed by atoms with Crippen molar-refractivity contribution >= 4 is 11.6 Å². The highest BCUT2D eigenvalue weighted by molar-refractivity contribution is 5.92. The highest BCUT2D eigenvalue weighted by atomic mass is 16.2. The van der Waals surface area contributed by atoms with Crippen molar-refractivity contribution in [1.82, 2.24) is 19.2 Å². The number of hydrogen-bond donors (Lipinski definition) is 1. The molecule has 1 spiro atoms. The van der Waals surface area contributed by atoms with Gasteiger partial charge in [0, 0.05) is 38.2 Å². The third kappa shape index (κ3) is 2.18. The van der Waals surface area contributed by atoms with Gasteiger partial charge in [-0.25, -0.2) is 0 Å². The molecule has 3 aromatic rings. The zero-order valence-electron chi connectivity index (χ0n) is 14.7. The number of nitrogens with zero attached hydrogens (tertiary/aromatic N) is 4. The molecule has 0 aliphatic carbocycles. The van der Waals surface area contributed by atoms with E-state index in [0.29, 0.717) is 5.69 Å². The van der Waals surface area contributed by atoms with E-state index in [1.54, 1.807) is 10.7 Å². The molecule has 0 saturated carbocycles. The van der Waals surface area contributed by atoms with Crippen molar-refractivity contribution in [1.29, 1.82) is 0 Å². The summed E-state index contributed by atoms with van der Waals surface area (Å²) in [5, 5.41) is 8.03. The minimum atomic E-state index is -0.126. The number of nitrogens with one attached hydrogen (secondary N) is 1. The lowest BCUT2D eigenvalue weighted by atomic mass is 9.82. The topological polar surface area (TPSA) is 55.1 Å². The van der Waals surface area contributed by atoms with Crippen LogP contribution in [0.5, 0.6) is 0 Å². The second-order valence-electron chi connectivity index (χ2n) is 7.15. The minimum Gasteiger partial charge on any atom is -0.372 e. The molecule has 26 heavy (non-hydrogen) atoms. The van der Waals surface area contributed by atoms with Gasteiger partial charge >= 0.3 is 0 Å². The number of fused-ring (bicyclic) bond motifs is 4. The number of anilines is 1. The average Bonchev–Trinajstić information content (AvgIpc) is 3.32. The van der Waals surface area contributed by atoms with Crippen LogP contribution in [0.4, 0.5) is 5.69 Å². The van der Waals surface area contributed by atoms with Crippen LogP contribution in [0.3, 0.4) is 0 Å². The number of carbonyl (C=O) groups is 1. The van der Waals surface area contributed by atoms with Crippen molar-refractivity contribution in [2.45, 2.75) is 18.4 Å². The molecule has 0 atom stereocenters. The van der Waals surface area contributed by atoms with E-state index in [1.807, 2.05) is 18.1 Å². The van der Waals surface area contributed by atoms with Gasteiger partial charge in [-0.15, -0.1) is 0 Å². The van der Waals surface area contributed by atoms with E-state index in [-0.39, 0.29) is 11.4 Å². The molecule has 6 heteroatoms. The summed E-state index contributed by atoms with van der Waals surface area (Å²) in [7, 11) is 1.83. The Bertz CT molecular complexity index is 978. The van der Waals surface area contributed by atoms with Gasteiger partial charge in [0.05, 0.1) is 16.9 Å². The van der Waals surface area contributed by atoms with E-state index >= 15 is 0 Å². The summed E-state index contributed by atoms with van der Waals surface area (Å²) in [5.41, 5.74) is 4.01. The molecule has 1 saturated heterocycles. The Balaban J connectivity index is 1.42. The van der Waals surface area contributed by atoms with Crippen molar-refractivity contribution in [3.05, 3.63) is 66.2 Å². The molecule has 6 nitrogen and oxygen atoms in total. The molecule has 5 rings (SSSR count). The lowest BCUT2D eigenvalue weighted by Gasteiger charge is -2.46. The first kappa shape index (κ1) is 15.3. The number of hydrogen-bond acceptors (Lipinski definition) is 3. The van der Waals surface area contributed by atoms with Crippen LogP contribution in [-0.2, 0) is 12.6 Å². The van der Waals surface area contributed by atoms with E-state index in [2.05, 4.69) is 57.6 Å². The number of piperidine rings is 1. The van der Waals surface area contributed by atoms with Crippen LogP contribution in [0.25, 0.3) is 5.69 Å². The maximum absolute atomic E-state index is 12.7. The summed E-state index contributed by atoms with van der Waals surface area (Å²) in [6.07, 6.45) is 5.70. The highest BCUT2D eigenvalue weighted by Gasteiger charge is 2.42. The fraction of sp³-hybridized carbons (Fsp3) is 0.300. The Hall–Kier alpha value is -3.02. The third-order valence-corrected chi connectivity index (χ3v) is 5.61. The normalized spacial score (nSPS) is 17.5. The number of rotatable bonds is 1. The van der Waals surface area contributed by atoms with Gasteiger partial charge in [0.2, 0.25) is 0 Å². The second kappa shape index (κ2) is 5.49. The van der Waals surface area contributed by atoms with Gasteiger partial charge in [-0.2, -0.15) is 5.10 Å². The van der Waals surface area contributed by atoms with E-state index in [9.17, 15) is 4.79 Å². The summed E-state index contributed by atoms with van der Waals surface area (Å²) >= 11 is 0. The number of para-hydroxylation sites is 2. The molecular formula is C20H21N5O. The third-order valence-electron chi connectivity index (χ3n) is 5.61. The van der Waals surface area contributed by atoms with E-state index < -0.39 is 0 Å². The van der Waals surface area contributed by atoms with Gasteiger partial charge in [0.1, 0.15) is 5.69 Å². The molecule has 1 amide bonds. The summed E-state index contributed by atoms with van der Waals surface area (Å²) in [6, 6.07) is 14.5. The van der Waals surface area contributed by atoms with Crippen molar-refractivity contribution in [2.24, 2.45) is 7.05 Å². The smallest absolute Gasteiger partial charge is 0.274 e. The monoisotopic (exact) mass is 347 g/mol. The van der Waals surface area contributed by atoms with Gasteiger partial charge in [-0.3, -0.25) is 9.48 Å². The van der Waals surface area contributed by atoms with Crippen LogP contribution in [0.1, 0.15) is 29.0 Å². The maximum Gasteiger partial charge on any atom is 0.274 e. The fourth-order valence-corrected chi connectivity index (χ4v) is 4.26. The van der Waals surface area contributed by atoms with Gasteiger partial charge in [-0.1, -0.05) is 12.1 Å². The predicted octanol–water partition coefficient (Wildman–Crippen LogP) is 2.77. The van der Waals surface area contributed by atoms with Gasteiger partial charge in [-0.05, 0) is 43.2 Å². The molecule has 4 heterocycles. The molecule has 0 unspecified atom stereocenters. The van der Waals surface area contributed by atoms with Gasteiger partial charge in [0.15, 0.2) is 0 Å². The number of aromatic nitrogens is 3. The number of amides is 1. The first-order valence-corrected chi connectivity index (χ1v) is 9.01. The Labute approximate surface area is 152 Å². The molecule has 1 N–H and O–H groups in total. The van der Waals surface area contributed by atoms with Crippen molar-refractivity contribution in [3.63, 3.8) is 0 Å². The molecule has 132 valence electrons. The molecule has 0 bridgehead atoms. The molecule has 1 aromatic carbocycles. The lowest BCUT2D eigenvalue weighted by molar-refractivity contribution is 0.0669. The molecule has 2 aliphatic rings. The summed E-state index contributed by atoms with van der Waals surface area (Å²) in [5.74, 6) is 0.0204. The lowest BCUT2D eigenvalue weighted by Crippen LogP contribution is -2.51. The molecule has 1 fully saturated rings. The zero-order chi connectivity index (χ0) is 17.7. The Morgan fingerprint density at radius 3 is 2.65 bits per heavy atom. The van der Waals surface area contributed by atoms with Crippen LogP contribution < -0.4 is 5.32 Å². The van der Waals surface area contributed by atoms with Crippen molar-refractivity contribution in [2.75, 3.05) is 18.4 Å². The van der Waals surface area contributed by atoms with Crippen LogP contribution >= 0.6 is 0 Å². The summed E-state index contributed by atoms with van der Waals surface area (Å²) in [4.78, 5) is 14.6. The quantitative estimate of drug-likeness (QED) is 0.736. The van der Waals surface area contributed by atoms with Gasteiger partial charge < -0.3 is 14.8 Å². The summed E-state index contributed by atoms with van der Waals surface area (Å²) < 4.78 is 3.95. The first-order chi connectivity index (χ1) is 12.7. The molecule has 2 aromatic heterocycles. The Morgan fingerprint density at radius 1 is 1.08 bits per heavy atom. The van der Waals surface area contributed by atoms with E-state index in [1.165, 1.54) is 11.4 Å². The molecule has 2 aliphatic heterocycles. The summed E-state index contributed by atoms with van der Waals surface area (Å²) in [6.45, 7) is 1.44. The van der Waals surface area contributed by atoms with Gasteiger partial charge in [0.25, 0.3) is 5.91 Å². The number of benzene rings is 1. The SMILES string of the molecule is Cn1ccc(C(=O)N2CCC3(CC2)Nc2ccccc2-n2cccc23)n1. The van der Waals surface area contributed by atoms with Crippen LogP contribution in [0.2, 0.25) is 0 Å². The second-order valence-corrected chi connectivity index (χ2v) is 7.15. The largest absolute Gasteiger partial charge is 0.372 e. The predicted molar refractivity (Wildman–Crippen MR) is 99.4 cm³/mol. The van der Waals surface area contributed by atoms with Crippen LogP contribution in [0.15, 0.2) is 54.9 Å². The van der Waals surface area contributed by atoms with Crippen LogP contribution in [-0.4, -0.2) is 38.2 Å². The van der Waals surface area contributed by atoms with Crippen LogP contribution in [0, 0.1) is 0 Å². The van der Waals surface area contributed by atoms with Crippen molar-refractivity contribution < 1.29 is 4.79 Å².